The number of likely N-dealkylation sites (tertiary alicyclic amines) is 1. The molecule has 9 heteroatoms. The lowest BCUT2D eigenvalue weighted by Gasteiger charge is -2.25. The van der Waals surface area contributed by atoms with Crippen molar-refractivity contribution in [2.75, 3.05) is 13.2 Å². The first-order chi connectivity index (χ1) is 14.3. The SMILES string of the molecule is CC(=O)NCc1cnc(C2CCCN2C(=O)COc2ccccc2)cc1C(F)(F)F. The summed E-state index contributed by atoms with van der Waals surface area (Å²) in [5.74, 6) is -0.196. The minimum Gasteiger partial charge on any atom is -0.484 e. The molecule has 1 aromatic heterocycles. The smallest absolute Gasteiger partial charge is 0.416 e. The lowest BCUT2D eigenvalue weighted by atomic mass is 10.0. The average molecular weight is 421 g/mol. The van der Waals surface area contributed by atoms with Gasteiger partial charge < -0.3 is 15.0 Å². The number of benzene rings is 1. The van der Waals surface area contributed by atoms with Gasteiger partial charge in [-0.3, -0.25) is 14.6 Å². The standard InChI is InChI=1S/C21H22F3N3O3/c1-14(28)25-11-15-12-26-18(10-17(15)21(22,23)24)19-8-5-9-27(19)20(29)13-30-16-6-3-2-4-7-16/h2-4,6-7,10,12,19H,5,8-9,11,13H2,1H3,(H,25,28). The summed E-state index contributed by atoms with van der Waals surface area (Å²) in [5, 5.41) is 2.36. The second-order valence-corrected chi connectivity index (χ2v) is 7.02. The van der Waals surface area contributed by atoms with Crippen LogP contribution in [-0.2, 0) is 22.3 Å². The number of amides is 2. The fourth-order valence-electron chi connectivity index (χ4n) is 3.42. The van der Waals surface area contributed by atoms with E-state index in [1.807, 2.05) is 6.07 Å². The Morgan fingerprint density at radius 2 is 2.00 bits per heavy atom. The van der Waals surface area contributed by atoms with E-state index < -0.39 is 23.7 Å². The Labute approximate surface area is 172 Å². The predicted octanol–water partition coefficient (Wildman–Crippen LogP) is 3.48. The number of carbonyl (C=O) groups excluding carboxylic acids is 2. The highest BCUT2D eigenvalue weighted by Gasteiger charge is 2.37. The Morgan fingerprint density at radius 3 is 2.67 bits per heavy atom. The van der Waals surface area contributed by atoms with Crippen molar-refractivity contribution in [2.24, 2.45) is 0 Å². The molecule has 2 aromatic rings. The van der Waals surface area contributed by atoms with Crippen molar-refractivity contribution in [3.05, 3.63) is 59.4 Å². The molecule has 6 nitrogen and oxygen atoms in total. The summed E-state index contributed by atoms with van der Waals surface area (Å²) < 4.78 is 46.2. The summed E-state index contributed by atoms with van der Waals surface area (Å²) >= 11 is 0. The summed E-state index contributed by atoms with van der Waals surface area (Å²) in [4.78, 5) is 29.4. The highest BCUT2D eigenvalue weighted by molar-refractivity contribution is 5.78. The summed E-state index contributed by atoms with van der Waals surface area (Å²) in [6.07, 6.45) is -2.30. The third-order valence-electron chi connectivity index (χ3n) is 4.86. The number of halogens is 3. The molecule has 1 aliphatic heterocycles. The fraction of sp³-hybridized carbons (Fsp3) is 0.381. The number of rotatable bonds is 6. The number of carbonyl (C=O) groups is 2. The maximum absolute atomic E-state index is 13.6. The van der Waals surface area contributed by atoms with Crippen LogP contribution in [0.2, 0.25) is 0 Å². The molecule has 1 atom stereocenters. The van der Waals surface area contributed by atoms with E-state index >= 15 is 0 Å². The Hall–Kier alpha value is -3.10. The molecular weight excluding hydrogens is 399 g/mol. The van der Waals surface area contributed by atoms with Crippen molar-refractivity contribution < 1.29 is 27.5 Å². The van der Waals surface area contributed by atoms with Crippen molar-refractivity contribution in [2.45, 2.75) is 38.5 Å². The Morgan fingerprint density at radius 1 is 1.27 bits per heavy atom. The second-order valence-electron chi connectivity index (χ2n) is 7.02. The second kappa shape index (κ2) is 9.15. The van der Waals surface area contributed by atoms with Crippen LogP contribution in [0, 0.1) is 0 Å². The normalized spacial score (nSPS) is 16.4. The van der Waals surface area contributed by atoms with Crippen molar-refractivity contribution in [3.63, 3.8) is 0 Å². The number of nitrogens with one attached hydrogen (secondary N) is 1. The number of nitrogens with zero attached hydrogens (tertiary/aromatic N) is 2. The van der Waals surface area contributed by atoms with Gasteiger partial charge in [-0.1, -0.05) is 18.2 Å². The molecule has 3 rings (SSSR count). The Kier molecular flexibility index (Phi) is 6.59. The number of aromatic nitrogens is 1. The van der Waals surface area contributed by atoms with Crippen LogP contribution in [0.4, 0.5) is 13.2 Å². The van der Waals surface area contributed by atoms with Crippen LogP contribution >= 0.6 is 0 Å². The first-order valence-electron chi connectivity index (χ1n) is 9.53. The van der Waals surface area contributed by atoms with E-state index in [0.717, 1.165) is 12.3 Å². The molecule has 0 saturated carbocycles. The van der Waals surface area contributed by atoms with Crippen LogP contribution in [-0.4, -0.2) is 34.8 Å². The van der Waals surface area contributed by atoms with E-state index in [1.165, 1.54) is 11.8 Å². The summed E-state index contributed by atoms with van der Waals surface area (Å²) in [6.45, 7) is 1.19. The van der Waals surface area contributed by atoms with Gasteiger partial charge in [0.1, 0.15) is 5.75 Å². The van der Waals surface area contributed by atoms with Crippen LogP contribution in [0.25, 0.3) is 0 Å². The zero-order valence-electron chi connectivity index (χ0n) is 16.4. The molecule has 1 unspecified atom stereocenters. The molecule has 2 heterocycles. The first-order valence-corrected chi connectivity index (χ1v) is 9.53. The molecule has 0 radical (unpaired) electrons. The summed E-state index contributed by atoms with van der Waals surface area (Å²) in [5.41, 5.74) is -0.801. The van der Waals surface area contributed by atoms with Gasteiger partial charge >= 0.3 is 6.18 Å². The number of ether oxygens (including phenoxy) is 1. The van der Waals surface area contributed by atoms with Crippen molar-refractivity contribution in [3.8, 4) is 5.75 Å². The van der Waals surface area contributed by atoms with Crippen molar-refractivity contribution in [1.29, 1.82) is 0 Å². The molecule has 160 valence electrons. The van der Waals surface area contributed by atoms with E-state index in [2.05, 4.69) is 10.3 Å². The van der Waals surface area contributed by atoms with Crippen LogP contribution in [0.3, 0.4) is 0 Å². The molecule has 30 heavy (non-hydrogen) atoms. The first kappa shape index (κ1) is 21.6. The van der Waals surface area contributed by atoms with Crippen molar-refractivity contribution >= 4 is 11.8 Å². The Balaban J connectivity index is 1.77. The Bertz CT molecular complexity index is 903. The van der Waals surface area contributed by atoms with Crippen LogP contribution < -0.4 is 10.1 Å². The van der Waals surface area contributed by atoms with Gasteiger partial charge in [0.2, 0.25) is 5.91 Å². The molecule has 2 amide bonds. The van der Waals surface area contributed by atoms with Crippen LogP contribution in [0.15, 0.2) is 42.6 Å². The maximum Gasteiger partial charge on any atom is 0.416 e. The molecule has 1 aliphatic rings. The quantitative estimate of drug-likeness (QED) is 0.775. The molecule has 1 fully saturated rings. The lowest BCUT2D eigenvalue weighted by Crippen LogP contribution is -2.35. The van der Waals surface area contributed by atoms with Crippen LogP contribution in [0.5, 0.6) is 5.75 Å². The van der Waals surface area contributed by atoms with Gasteiger partial charge in [0.15, 0.2) is 6.61 Å². The number of pyridine rings is 1. The lowest BCUT2D eigenvalue weighted by molar-refractivity contribution is -0.138. The van der Waals surface area contributed by atoms with Gasteiger partial charge in [-0.25, -0.2) is 0 Å². The number of para-hydroxylation sites is 1. The van der Waals surface area contributed by atoms with Gasteiger partial charge in [-0.05, 0) is 31.0 Å². The van der Waals surface area contributed by atoms with Gasteiger partial charge in [-0.2, -0.15) is 13.2 Å². The minimum atomic E-state index is -4.60. The zero-order valence-corrected chi connectivity index (χ0v) is 16.4. The molecular formula is C21H22F3N3O3. The van der Waals surface area contributed by atoms with Gasteiger partial charge in [0, 0.05) is 31.8 Å². The van der Waals surface area contributed by atoms with Gasteiger partial charge in [0.25, 0.3) is 5.91 Å². The molecule has 0 aliphatic carbocycles. The maximum atomic E-state index is 13.6. The largest absolute Gasteiger partial charge is 0.484 e. The number of hydrogen-bond acceptors (Lipinski definition) is 4. The van der Waals surface area contributed by atoms with E-state index in [1.54, 1.807) is 24.3 Å². The van der Waals surface area contributed by atoms with E-state index in [-0.39, 0.29) is 30.3 Å². The molecule has 0 spiro atoms. The molecule has 0 bridgehead atoms. The van der Waals surface area contributed by atoms with E-state index in [0.29, 0.717) is 25.1 Å². The predicted molar refractivity (Wildman–Crippen MR) is 102 cm³/mol. The van der Waals surface area contributed by atoms with E-state index in [4.69, 9.17) is 4.74 Å². The molecule has 1 aromatic carbocycles. The van der Waals surface area contributed by atoms with Gasteiger partial charge in [-0.15, -0.1) is 0 Å². The summed E-state index contributed by atoms with van der Waals surface area (Å²) in [6, 6.07) is 9.26. The van der Waals surface area contributed by atoms with Crippen LogP contribution in [0.1, 0.15) is 42.6 Å². The highest BCUT2D eigenvalue weighted by Crippen LogP contribution is 2.36. The fourth-order valence-corrected chi connectivity index (χ4v) is 3.42. The van der Waals surface area contributed by atoms with Crippen molar-refractivity contribution in [1.82, 2.24) is 15.2 Å². The highest BCUT2D eigenvalue weighted by atomic mass is 19.4. The van der Waals surface area contributed by atoms with E-state index in [9.17, 15) is 22.8 Å². The minimum absolute atomic E-state index is 0.121. The third-order valence-corrected chi connectivity index (χ3v) is 4.86. The van der Waals surface area contributed by atoms with Gasteiger partial charge in [0.05, 0.1) is 17.3 Å². The number of hydrogen-bond donors (Lipinski definition) is 1. The average Bonchev–Trinajstić information content (AvgIpc) is 3.20. The monoisotopic (exact) mass is 421 g/mol. The number of alkyl halides is 3. The zero-order chi connectivity index (χ0) is 21.7. The summed E-state index contributed by atoms with van der Waals surface area (Å²) in [7, 11) is 0. The molecule has 1 saturated heterocycles. The third kappa shape index (κ3) is 5.28. The molecule has 1 N–H and O–H groups in total. The topological polar surface area (TPSA) is 71.5 Å².